The van der Waals surface area contributed by atoms with Crippen LogP contribution in [0.25, 0.3) is 0 Å². The Balaban J connectivity index is 1.35. The van der Waals surface area contributed by atoms with Crippen LogP contribution < -0.4 is 27.1 Å². The summed E-state index contributed by atoms with van der Waals surface area (Å²) in [6.45, 7) is 0.578. The highest BCUT2D eigenvalue weighted by molar-refractivity contribution is 6.35. The van der Waals surface area contributed by atoms with E-state index in [0.29, 0.717) is 48.0 Å². The minimum atomic E-state index is -0.669. The van der Waals surface area contributed by atoms with E-state index >= 15 is 0 Å². The molecular formula is C27H27BN6O2. The van der Waals surface area contributed by atoms with Gasteiger partial charge in [0.2, 0.25) is 11.9 Å². The van der Waals surface area contributed by atoms with E-state index in [-0.39, 0.29) is 11.7 Å². The number of aromatic nitrogens is 2. The molecule has 1 atom stereocenters. The van der Waals surface area contributed by atoms with Crippen molar-refractivity contribution in [2.24, 2.45) is 5.73 Å². The summed E-state index contributed by atoms with van der Waals surface area (Å²) in [6, 6.07) is 23.3. The molecule has 0 saturated carbocycles. The van der Waals surface area contributed by atoms with Crippen molar-refractivity contribution in [3.05, 3.63) is 96.2 Å². The van der Waals surface area contributed by atoms with Crippen LogP contribution in [0.2, 0.25) is 0 Å². The van der Waals surface area contributed by atoms with Crippen molar-refractivity contribution in [2.75, 3.05) is 22.5 Å². The maximum absolute atomic E-state index is 12.6. The first-order valence-electron chi connectivity index (χ1n) is 11.6. The Kier molecular flexibility index (Phi) is 8.15. The van der Waals surface area contributed by atoms with Crippen molar-refractivity contribution < 1.29 is 9.90 Å². The van der Waals surface area contributed by atoms with Gasteiger partial charge in [-0.3, -0.25) is 4.79 Å². The zero-order valence-corrected chi connectivity index (χ0v) is 19.7. The molecule has 0 fully saturated rings. The summed E-state index contributed by atoms with van der Waals surface area (Å²) in [5.41, 5.74) is 9.81. The zero-order valence-electron chi connectivity index (χ0n) is 19.7. The van der Waals surface area contributed by atoms with Gasteiger partial charge in [-0.2, -0.15) is 4.98 Å². The second-order valence-corrected chi connectivity index (χ2v) is 8.34. The lowest BCUT2D eigenvalue weighted by Crippen LogP contribution is -2.37. The van der Waals surface area contributed by atoms with E-state index in [0.717, 1.165) is 11.1 Å². The summed E-state index contributed by atoms with van der Waals surface area (Å²) in [5.74, 6) is 0.826. The molecule has 1 aromatic heterocycles. The van der Waals surface area contributed by atoms with E-state index in [1.54, 1.807) is 30.3 Å². The number of nitrogens with one attached hydrogen (secondary N) is 3. The molecule has 4 rings (SSSR count). The maximum Gasteiger partial charge on any atom is 0.241 e. The van der Waals surface area contributed by atoms with Crippen LogP contribution in [0.5, 0.6) is 5.75 Å². The molecule has 0 aliphatic heterocycles. The summed E-state index contributed by atoms with van der Waals surface area (Å²) >= 11 is 0. The molecule has 1 unspecified atom stereocenters. The monoisotopic (exact) mass is 478 g/mol. The van der Waals surface area contributed by atoms with E-state index in [9.17, 15) is 9.90 Å². The average molecular weight is 478 g/mol. The number of hydrogen-bond acceptors (Lipinski definition) is 7. The van der Waals surface area contributed by atoms with E-state index < -0.39 is 6.04 Å². The number of aromatic hydroxyl groups is 1. The van der Waals surface area contributed by atoms with Crippen LogP contribution >= 0.6 is 0 Å². The van der Waals surface area contributed by atoms with E-state index in [2.05, 4.69) is 25.9 Å². The number of phenolic OH excluding ortho intramolecular Hbond substituents is 1. The molecule has 1 amide bonds. The lowest BCUT2D eigenvalue weighted by atomic mass is 9.99. The van der Waals surface area contributed by atoms with Gasteiger partial charge in [-0.1, -0.05) is 48.5 Å². The third kappa shape index (κ3) is 7.07. The number of anilines is 4. The van der Waals surface area contributed by atoms with Gasteiger partial charge in [0.05, 0.1) is 6.04 Å². The van der Waals surface area contributed by atoms with Gasteiger partial charge in [-0.05, 0) is 59.8 Å². The minimum Gasteiger partial charge on any atom is -0.508 e. The molecule has 0 aliphatic rings. The fourth-order valence-corrected chi connectivity index (χ4v) is 3.63. The van der Waals surface area contributed by atoms with Crippen molar-refractivity contribution in [3.63, 3.8) is 0 Å². The Hall–Kier alpha value is -4.37. The van der Waals surface area contributed by atoms with Gasteiger partial charge in [0.15, 0.2) is 0 Å². The Morgan fingerprint density at radius 1 is 0.972 bits per heavy atom. The van der Waals surface area contributed by atoms with Gasteiger partial charge in [0, 0.05) is 24.1 Å². The third-order valence-electron chi connectivity index (χ3n) is 5.46. The fourth-order valence-electron chi connectivity index (χ4n) is 3.63. The van der Waals surface area contributed by atoms with Crippen LogP contribution in [-0.2, 0) is 17.6 Å². The number of phenols is 1. The molecule has 3 aromatic carbocycles. The smallest absolute Gasteiger partial charge is 0.241 e. The number of carbonyl (C=O) groups is 1. The van der Waals surface area contributed by atoms with E-state index in [4.69, 9.17) is 13.6 Å². The normalized spacial score (nSPS) is 11.5. The molecule has 9 heteroatoms. The van der Waals surface area contributed by atoms with Crippen LogP contribution in [0, 0.1) is 0 Å². The number of nitrogens with zero attached hydrogens (tertiary/aromatic N) is 2. The lowest BCUT2D eigenvalue weighted by Gasteiger charge is -2.14. The Bertz CT molecular complexity index is 1320. The van der Waals surface area contributed by atoms with Crippen LogP contribution in [0.1, 0.15) is 11.1 Å². The molecule has 36 heavy (non-hydrogen) atoms. The Labute approximate surface area is 211 Å². The van der Waals surface area contributed by atoms with E-state index in [1.165, 1.54) is 6.20 Å². The molecule has 8 nitrogen and oxygen atoms in total. The van der Waals surface area contributed by atoms with Gasteiger partial charge in [-0.15, -0.1) is 0 Å². The molecule has 0 bridgehead atoms. The van der Waals surface area contributed by atoms with Gasteiger partial charge < -0.3 is 26.8 Å². The average Bonchev–Trinajstić information content (AvgIpc) is 2.87. The molecule has 0 spiro atoms. The molecule has 4 aromatic rings. The molecule has 0 aliphatic carbocycles. The van der Waals surface area contributed by atoms with Gasteiger partial charge in [0.1, 0.15) is 19.4 Å². The standard InChI is InChI=1S/C27H27BN6O2/c28-23-17-31-27(34-25(23)30-13-12-19-8-4-11-22(35)14-19)33-21-10-5-9-20(16-21)32-26(36)24(29)15-18-6-2-1-3-7-18/h1-11,14,16-17,24,35H,12-13,15,29H2,(H,32,36)(H2,30,31,33,34). The van der Waals surface area contributed by atoms with Gasteiger partial charge in [0.25, 0.3) is 0 Å². The van der Waals surface area contributed by atoms with Crippen molar-refractivity contribution in [2.45, 2.75) is 18.9 Å². The molecular weight excluding hydrogens is 451 g/mol. The largest absolute Gasteiger partial charge is 0.508 e. The fraction of sp³-hybridized carbons (Fsp3) is 0.148. The SMILES string of the molecule is [B]c1cnc(Nc2cccc(NC(=O)C(N)Cc3ccccc3)c2)nc1NCCc1cccc(O)c1. The first kappa shape index (κ1) is 24.7. The van der Waals surface area contributed by atoms with Crippen LogP contribution in [0.3, 0.4) is 0 Å². The van der Waals surface area contributed by atoms with Crippen molar-refractivity contribution >= 4 is 42.4 Å². The molecule has 1 heterocycles. The number of benzene rings is 3. The lowest BCUT2D eigenvalue weighted by molar-refractivity contribution is -0.117. The first-order valence-corrected chi connectivity index (χ1v) is 11.6. The highest BCUT2D eigenvalue weighted by Gasteiger charge is 2.14. The van der Waals surface area contributed by atoms with Gasteiger partial charge >= 0.3 is 0 Å². The summed E-state index contributed by atoms with van der Waals surface area (Å²) < 4.78 is 0. The quantitative estimate of drug-likeness (QED) is 0.222. The molecule has 180 valence electrons. The predicted molar refractivity (Wildman–Crippen MR) is 144 cm³/mol. The molecule has 6 N–H and O–H groups in total. The Morgan fingerprint density at radius 2 is 1.72 bits per heavy atom. The van der Waals surface area contributed by atoms with Crippen molar-refractivity contribution in [1.29, 1.82) is 0 Å². The second kappa shape index (κ2) is 11.9. The summed E-state index contributed by atoms with van der Waals surface area (Å²) in [6.07, 6.45) is 2.67. The minimum absolute atomic E-state index is 0.233. The zero-order chi connectivity index (χ0) is 25.3. The van der Waals surface area contributed by atoms with E-state index in [1.807, 2.05) is 48.5 Å². The van der Waals surface area contributed by atoms with Crippen molar-refractivity contribution in [1.82, 2.24) is 9.97 Å². The topological polar surface area (TPSA) is 125 Å². The Morgan fingerprint density at radius 3 is 2.53 bits per heavy atom. The molecule has 2 radical (unpaired) electrons. The first-order chi connectivity index (χ1) is 17.5. The number of hydrogen-bond donors (Lipinski definition) is 5. The predicted octanol–water partition coefficient (Wildman–Crippen LogP) is 2.88. The number of amides is 1. The summed E-state index contributed by atoms with van der Waals surface area (Å²) in [5, 5.41) is 18.8. The maximum atomic E-state index is 12.6. The number of rotatable bonds is 10. The highest BCUT2D eigenvalue weighted by atomic mass is 16.3. The van der Waals surface area contributed by atoms with Gasteiger partial charge in [-0.25, -0.2) is 4.98 Å². The highest BCUT2D eigenvalue weighted by Crippen LogP contribution is 2.19. The van der Waals surface area contributed by atoms with Crippen LogP contribution in [0.4, 0.5) is 23.1 Å². The number of nitrogens with two attached hydrogens (primary N) is 1. The summed E-state index contributed by atoms with van der Waals surface area (Å²) in [4.78, 5) is 21.3. The van der Waals surface area contributed by atoms with Crippen LogP contribution in [-0.4, -0.2) is 41.4 Å². The molecule has 0 saturated heterocycles. The van der Waals surface area contributed by atoms with Crippen molar-refractivity contribution in [3.8, 4) is 5.75 Å². The third-order valence-corrected chi connectivity index (χ3v) is 5.46. The second-order valence-electron chi connectivity index (χ2n) is 8.34. The number of carbonyl (C=O) groups excluding carboxylic acids is 1. The summed E-state index contributed by atoms with van der Waals surface area (Å²) in [7, 11) is 6.03. The van der Waals surface area contributed by atoms with Crippen LogP contribution in [0.15, 0.2) is 85.1 Å².